The van der Waals surface area contributed by atoms with E-state index >= 15 is 0 Å². The molecule has 5 aromatic rings. The highest BCUT2D eigenvalue weighted by Crippen LogP contribution is 2.43. The minimum atomic E-state index is -4.55. The molecule has 0 saturated carbocycles. The predicted octanol–water partition coefficient (Wildman–Crippen LogP) is 8.20. The van der Waals surface area contributed by atoms with Gasteiger partial charge in [0, 0.05) is 91.7 Å². The monoisotopic (exact) mass is 870 g/mol. The number of allylic oxidation sites excluding steroid dienone is 1. The molecule has 3 aromatic carbocycles. The van der Waals surface area contributed by atoms with E-state index in [0.29, 0.717) is 24.5 Å². The van der Waals surface area contributed by atoms with Gasteiger partial charge in [0.1, 0.15) is 22.8 Å². The first-order chi connectivity index (χ1) is 28.8. The van der Waals surface area contributed by atoms with E-state index in [1.54, 1.807) is 42.2 Å². The maximum absolute atomic E-state index is 13.9. The van der Waals surface area contributed by atoms with Gasteiger partial charge in [-0.2, -0.15) is 11.8 Å². The number of fused-ring (bicyclic) bond motifs is 1. The Morgan fingerprint density at radius 1 is 1.00 bits per heavy atom. The molecule has 14 nitrogen and oxygen atoms in total. The van der Waals surface area contributed by atoms with Crippen LogP contribution < -0.4 is 19.8 Å². The van der Waals surface area contributed by atoms with Crippen LogP contribution in [0.1, 0.15) is 49.0 Å². The zero-order valence-corrected chi connectivity index (χ0v) is 35.8. The molecule has 0 bridgehead atoms. The number of benzene rings is 3. The number of thioether (sulfide) groups is 1. The summed E-state index contributed by atoms with van der Waals surface area (Å²) in [5.41, 5.74) is 8.56. The van der Waals surface area contributed by atoms with Gasteiger partial charge in [-0.05, 0) is 84.3 Å². The van der Waals surface area contributed by atoms with Crippen molar-refractivity contribution in [2.45, 2.75) is 38.0 Å². The van der Waals surface area contributed by atoms with Gasteiger partial charge in [0.25, 0.3) is 21.6 Å². The lowest BCUT2D eigenvalue weighted by atomic mass is 9.72. The van der Waals surface area contributed by atoms with E-state index in [2.05, 4.69) is 55.9 Å². The molecule has 2 saturated heterocycles. The molecule has 0 spiro atoms. The van der Waals surface area contributed by atoms with Crippen molar-refractivity contribution in [3.05, 3.63) is 117 Å². The molecule has 2 fully saturated rings. The number of anilines is 2. The number of rotatable bonds is 12. The Morgan fingerprint density at radius 3 is 2.52 bits per heavy atom. The fourth-order valence-corrected chi connectivity index (χ4v) is 10.0. The van der Waals surface area contributed by atoms with Crippen LogP contribution in [0.2, 0.25) is 5.02 Å². The van der Waals surface area contributed by atoms with Crippen molar-refractivity contribution >= 4 is 73.0 Å². The normalized spacial score (nSPS) is 17.8. The molecule has 1 aliphatic carbocycles. The summed E-state index contributed by atoms with van der Waals surface area (Å²) in [6.07, 6.45) is 6.49. The third kappa shape index (κ3) is 9.58. The number of hydrazine groups is 1. The zero-order chi connectivity index (χ0) is 42.0. The van der Waals surface area contributed by atoms with Gasteiger partial charge in [-0.25, -0.2) is 23.1 Å². The van der Waals surface area contributed by atoms with E-state index in [1.807, 2.05) is 23.2 Å². The SMILES string of the molecule is CC1(C)CCC(CN2CCN(c3ccc(C(=O)NS(=O)(=O)c4ccc(NN5CCSCC5)c([N+](=O)[O-])c4)c(Oc4cnc5[nH]ccc5c4)c3)CC2)=C(c2ccc(Cl)cc2)C1. The minimum absolute atomic E-state index is 0.0345. The lowest BCUT2D eigenvalue weighted by Crippen LogP contribution is -2.47. The van der Waals surface area contributed by atoms with Crippen molar-refractivity contribution in [1.29, 1.82) is 0 Å². The molecule has 0 atom stereocenters. The Balaban J connectivity index is 1.01. The molecular weight excluding hydrogens is 824 g/mol. The van der Waals surface area contributed by atoms with Gasteiger partial charge in [-0.1, -0.05) is 43.2 Å². The predicted molar refractivity (Wildman–Crippen MR) is 238 cm³/mol. The number of carbonyl (C=O) groups is 1. The first kappa shape index (κ1) is 41.6. The summed E-state index contributed by atoms with van der Waals surface area (Å²) < 4.78 is 35.7. The molecule has 4 heterocycles. The highest BCUT2D eigenvalue weighted by Gasteiger charge is 2.31. The fraction of sp³-hybridized carbons (Fsp3) is 0.349. The number of ether oxygens (including phenoxy) is 1. The number of halogens is 1. The number of sulfonamides is 1. The Labute approximate surface area is 358 Å². The molecule has 3 N–H and O–H groups in total. The van der Waals surface area contributed by atoms with Gasteiger partial charge >= 0.3 is 0 Å². The molecule has 0 unspecified atom stereocenters. The third-order valence-corrected chi connectivity index (χ3v) is 13.9. The van der Waals surface area contributed by atoms with Crippen molar-refractivity contribution in [2.75, 3.05) is 67.6 Å². The summed E-state index contributed by atoms with van der Waals surface area (Å²) in [7, 11) is -4.55. The molecule has 60 heavy (non-hydrogen) atoms. The number of aromatic nitrogens is 2. The van der Waals surface area contributed by atoms with Crippen molar-refractivity contribution in [3.63, 3.8) is 0 Å². The summed E-state index contributed by atoms with van der Waals surface area (Å²) in [5.74, 6) is 1.27. The van der Waals surface area contributed by atoms with E-state index in [1.165, 1.54) is 35.0 Å². The minimum Gasteiger partial charge on any atom is -0.455 e. The van der Waals surface area contributed by atoms with Gasteiger partial charge in [0.2, 0.25) is 0 Å². The molecule has 2 aliphatic heterocycles. The second-order valence-corrected chi connectivity index (χ2v) is 19.5. The van der Waals surface area contributed by atoms with Crippen LogP contribution in [-0.4, -0.2) is 96.4 Å². The van der Waals surface area contributed by atoms with Crippen LogP contribution in [0.5, 0.6) is 11.5 Å². The van der Waals surface area contributed by atoms with Crippen LogP contribution >= 0.6 is 23.4 Å². The van der Waals surface area contributed by atoms with Crippen molar-refractivity contribution < 1.29 is 22.9 Å². The number of piperazine rings is 1. The molecule has 8 rings (SSSR count). The van der Waals surface area contributed by atoms with E-state index in [9.17, 15) is 23.3 Å². The zero-order valence-electron chi connectivity index (χ0n) is 33.4. The van der Waals surface area contributed by atoms with Crippen molar-refractivity contribution in [2.24, 2.45) is 5.41 Å². The largest absolute Gasteiger partial charge is 0.455 e. The number of nitrogens with one attached hydrogen (secondary N) is 3. The quantitative estimate of drug-likeness (QED) is 0.0814. The van der Waals surface area contributed by atoms with Gasteiger partial charge in [0.05, 0.1) is 21.6 Å². The van der Waals surface area contributed by atoms with Crippen LogP contribution in [0, 0.1) is 15.5 Å². The van der Waals surface area contributed by atoms with Crippen LogP contribution in [-0.2, 0) is 10.0 Å². The summed E-state index contributed by atoms with van der Waals surface area (Å²) in [5, 5.41) is 15.4. The average molecular weight is 871 g/mol. The number of nitro benzene ring substituents is 1. The highest BCUT2D eigenvalue weighted by molar-refractivity contribution is 7.99. The molecule has 314 valence electrons. The number of pyridine rings is 1. The molecule has 3 aliphatic rings. The van der Waals surface area contributed by atoms with Gasteiger partial charge in [0.15, 0.2) is 0 Å². The highest BCUT2D eigenvalue weighted by atomic mass is 35.5. The first-order valence-electron chi connectivity index (χ1n) is 19.9. The van der Waals surface area contributed by atoms with Gasteiger partial charge < -0.3 is 20.0 Å². The van der Waals surface area contributed by atoms with Crippen LogP contribution in [0.15, 0.2) is 95.7 Å². The topological polar surface area (TPSA) is 166 Å². The Morgan fingerprint density at radius 2 is 1.77 bits per heavy atom. The molecule has 2 aromatic heterocycles. The number of hydrogen-bond donors (Lipinski definition) is 3. The van der Waals surface area contributed by atoms with Crippen molar-refractivity contribution in [1.82, 2.24) is 24.6 Å². The lowest BCUT2D eigenvalue weighted by molar-refractivity contribution is -0.384. The Bertz CT molecular complexity index is 2550. The van der Waals surface area contributed by atoms with Crippen LogP contribution in [0.3, 0.4) is 0 Å². The summed E-state index contributed by atoms with van der Waals surface area (Å²) >= 11 is 8.02. The van der Waals surface area contributed by atoms with E-state index < -0.39 is 31.4 Å². The first-order valence-corrected chi connectivity index (χ1v) is 23.0. The lowest BCUT2D eigenvalue weighted by Gasteiger charge is -2.39. The number of nitrogens with zero attached hydrogens (tertiary/aromatic N) is 5. The maximum atomic E-state index is 13.9. The number of nitro groups is 1. The second-order valence-electron chi connectivity index (χ2n) is 16.1. The van der Waals surface area contributed by atoms with E-state index in [-0.39, 0.29) is 22.4 Å². The number of aromatic amines is 1. The smallest absolute Gasteiger partial charge is 0.295 e. The number of amides is 1. The van der Waals surface area contributed by atoms with Gasteiger partial charge in [-0.3, -0.25) is 19.8 Å². The fourth-order valence-electron chi connectivity index (χ4n) is 7.99. The summed E-state index contributed by atoms with van der Waals surface area (Å²) in [6.45, 7) is 10.0. The van der Waals surface area contributed by atoms with Crippen molar-refractivity contribution in [3.8, 4) is 11.5 Å². The Kier molecular flexibility index (Phi) is 12.1. The number of hydrogen-bond acceptors (Lipinski definition) is 12. The standard InChI is InChI=1S/C43H47ClN8O6S2/c1-43(2)13-11-31(37(26-43)29-3-5-32(44)6-4-29)28-49-15-17-50(18-16-49)33-7-9-36(40(24-33)58-34-23-30-12-14-45-41(30)46-27-34)42(53)48-60(56,57)35-8-10-38(39(25-35)52(54)55)47-51-19-21-59-22-20-51/h3-10,12,14,23-25,27,47H,11,13,15-22,26,28H2,1-2H3,(H,45,46)(H,48,53). The molecule has 1 amide bonds. The molecule has 0 radical (unpaired) electrons. The summed E-state index contributed by atoms with van der Waals surface area (Å²) in [4.78, 5) is 37.1. The van der Waals surface area contributed by atoms with E-state index in [4.69, 9.17) is 16.3 Å². The van der Waals surface area contributed by atoms with E-state index in [0.717, 1.165) is 85.7 Å². The number of H-pyrrole nitrogens is 1. The third-order valence-electron chi connectivity index (χ3n) is 11.3. The maximum Gasteiger partial charge on any atom is 0.295 e. The van der Waals surface area contributed by atoms with Crippen LogP contribution in [0.25, 0.3) is 16.6 Å². The Hall–Kier alpha value is -5.13. The molecule has 17 heteroatoms. The average Bonchev–Trinajstić information content (AvgIpc) is 3.70. The summed E-state index contributed by atoms with van der Waals surface area (Å²) in [6, 6.07) is 20.4. The van der Waals surface area contributed by atoms with Gasteiger partial charge in [-0.15, -0.1) is 0 Å². The second kappa shape index (κ2) is 17.5. The number of carbonyl (C=O) groups excluding carboxylic acids is 1. The molecular formula is C43H47ClN8O6S2. The van der Waals surface area contributed by atoms with Crippen LogP contribution in [0.4, 0.5) is 17.1 Å².